The number of aliphatic hydroxyl groups is 1. The molecule has 1 amide bonds. The minimum absolute atomic E-state index is 0.0224. The molecular formula is C24H27BrFNO6. The third kappa shape index (κ3) is 6.52. The minimum atomic E-state index is -1.10. The first-order chi connectivity index (χ1) is 15.6. The van der Waals surface area contributed by atoms with E-state index >= 15 is 0 Å². The predicted molar refractivity (Wildman–Crippen MR) is 122 cm³/mol. The number of rotatable bonds is 8. The Morgan fingerprint density at radius 1 is 1.24 bits per heavy atom. The van der Waals surface area contributed by atoms with Crippen LogP contribution in [0.1, 0.15) is 55.1 Å². The molecule has 1 heterocycles. The summed E-state index contributed by atoms with van der Waals surface area (Å²) in [4.78, 5) is 23.4. The van der Waals surface area contributed by atoms with E-state index in [4.69, 9.17) is 19.7 Å². The lowest BCUT2D eigenvalue weighted by atomic mass is 9.81. The van der Waals surface area contributed by atoms with Crippen molar-refractivity contribution >= 4 is 27.8 Å². The lowest BCUT2D eigenvalue weighted by molar-refractivity contribution is -0.139. The fourth-order valence-electron chi connectivity index (χ4n) is 4.04. The number of carboxylic acids is 1. The van der Waals surface area contributed by atoms with E-state index in [1.165, 1.54) is 12.1 Å². The largest absolute Gasteiger partial charge is 0.482 e. The summed E-state index contributed by atoms with van der Waals surface area (Å²) in [6.07, 6.45) is -0.207. The Bertz CT molecular complexity index is 1010. The SMILES string of the molecule is Cc1cc(OCC(=O)O)c([C@H]2C[C@](C)(NC(=O)CCO)C[C@@H](c3ccc(F)cc3)O2)cc1Br. The molecule has 1 saturated heterocycles. The number of benzene rings is 2. The maximum Gasteiger partial charge on any atom is 0.341 e. The summed E-state index contributed by atoms with van der Waals surface area (Å²) in [7, 11) is 0. The molecule has 0 saturated carbocycles. The van der Waals surface area contributed by atoms with Crippen LogP contribution in [0.4, 0.5) is 4.39 Å². The zero-order valence-corrected chi connectivity index (χ0v) is 20.0. The zero-order chi connectivity index (χ0) is 24.2. The van der Waals surface area contributed by atoms with Crippen LogP contribution in [0.3, 0.4) is 0 Å². The van der Waals surface area contributed by atoms with Crippen LogP contribution in [0.5, 0.6) is 5.75 Å². The molecule has 0 aromatic heterocycles. The van der Waals surface area contributed by atoms with Crippen LogP contribution in [-0.2, 0) is 14.3 Å². The maximum absolute atomic E-state index is 13.5. The first-order valence-corrected chi connectivity index (χ1v) is 11.4. The monoisotopic (exact) mass is 523 g/mol. The molecule has 3 N–H and O–H groups in total. The average molecular weight is 524 g/mol. The predicted octanol–water partition coefficient (Wildman–Crippen LogP) is 4.21. The van der Waals surface area contributed by atoms with E-state index in [1.807, 2.05) is 19.9 Å². The van der Waals surface area contributed by atoms with Crippen molar-refractivity contribution in [1.82, 2.24) is 5.32 Å². The van der Waals surface area contributed by atoms with Gasteiger partial charge in [0.05, 0.1) is 18.8 Å². The Morgan fingerprint density at radius 3 is 2.55 bits per heavy atom. The van der Waals surface area contributed by atoms with Crippen molar-refractivity contribution in [1.29, 1.82) is 0 Å². The summed E-state index contributed by atoms with van der Waals surface area (Å²) >= 11 is 3.52. The Morgan fingerprint density at radius 2 is 1.91 bits per heavy atom. The van der Waals surface area contributed by atoms with Crippen LogP contribution in [0.2, 0.25) is 0 Å². The van der Waals surface area contributed by atoms with E-state index in [9.17, 15) is 14.0 Å². The fraction of sp³-hybridized carbons (Fsp3) is 0.417. The molecule has 33 heavy (non-hydrogen) atoms. The van der Waals surface area contributed by atoms with Crippen LogP contribution in [-0.4, -0.2) is 40.8 Å². The number of ether oxygens (including phenoxy) is 2. The van der Waals surface area contributed by atoms with Crippen LogP contribution < -0.4 is 10.1 Å². The lowest BCUT2D eigenvalue weighted by Gasteiger charge is -2.43. The number of hydrogen-bond acceptors (Lipinski definition) is 5. The number of hydrogen-bond donors (Lipinski definition) is 3. The van der Waals surface area contributed by atoms with E-state index in [2.05, 4.69) is 21.2 Å². The summed E-state index contributed by atoms with van der Waals surface area (Å²) in [5, 5.41) is 21.2. The van der Waals surface area contributed by atoms with E-state index in [1.54, 1.807) is 18.2 Å². The van der Waals surface area contributed by atoms with E-state index in [0.717, 1.165) is 15.6 Å². The van der Waals surface area contributed by atoms with Gasteiger partial charge in [-0.15, -0.1) is 0 Å². The highest BCUT2D eigenvalue weighted by atomic mass is 79.9. The van der Waals surface area contributed by atoms with E-state index < -0.39 is 30.3 Å². The maximum atomic E-state index is 13.5. The number of nitrogens with one attached hydrogen (secondary N) is 1. The third-order valence-corrected chi connectivity index (χ3v) is 6.47. The molecule has 3 rings (SSSR count). The summed E-state index contributed by atoms with van der Waals surface area (Å²) in [6, 6.07) is 9.58. The highest BCUT2D eigenvalue weighted by Crippen LogP contribution is 2.46. The topological polar surface area (TPSA) is 105 Å². The first kappa shape index (κ1) is 25.1. The van der Waals surface area contributed by atoms with Gasteiger partial charge in [0, 0.05) is 34.8 Å². The van der Waals surface area contributed by atoms with E-state index in [-0.39, 0.29) is 24.8 Å². The average Bonchev–Trinajstić information content (AvgIpc) is 2.74. The van der Waals surface area contributed by atoms with Gasteiger partial charge in [-0.3, -0.25) is 4.79 Å². The number of carboxylic acid groups (broad SMARTS) is 1. The number of carbonyl (C=O) groups is 2. The van der Waals surface area contributed by atoms with Gasteiger partial charge in [0.1, 0.15) is 11.6 Å². The molecule has 0 bridgehead atoms. The van der Waals surface area contributed by atoms with Gasteiger partial charge in [-0.05, 0) is 49.2 Å². The van der Waals surface area contributed by atoms with Crippen LogP contribution >= 0.6 is 15.9 Å². The Kier molecular flexibility index (Phi) is 8.10. The van der Waals surface area contributed by atoms with Crippen molar-refractivity contribution in [3.8, 4) is 5.75 Å². The summed E-state index contributed by atoms with van der Waals surface area (Å²) in [5.74, 6) is -1.37. The van der Waals surface area contributed by atoms with Crippen LogP contribution in [0, 0.1) is 12.7 Å². The molecule has 7 nitrogen and oxygen atoms in total. The highest BCUT2D eigenvalue weighted by Gasteiger charge is 2.41. The number of aliphatic hydroxyl groups excluding tert-OH is 1. The van der Waals surface area contributed by atoms with Crippen molar-refractivity contribution in [2.24, 2.45) is 0 Å². The molecule has 1 aliphatic rings. The molecule has 1 fully saturated rings. The number of aryl methyl sites for hydroxylation is 1. The van der Waals surface area contributed by atoms with Crippen molar-refractivity contribution in [3.63, 3.8) is 0 Å². The summed E-state index contributed by atoms with van der Waals surface area (Å²) in [6.45, 7) is 2.99. The van der Waals surface area contributed by atoms with Crippen LogP contribution in [0.25, 0.3) is 0 Å². The highest BCUT2D eigenvalue weighted by molar-refractivity contribution is 9.10. The number of halogens is 2. The first-order valence-electron chi connectivity index (χ1n) is 10.6. The van der Waals surface area contributed by atoms with Gasteiger partial charge in [0.2, 0.25) is 5.91 Å². The second kappa shape index (κ2) is 10.6. The van der Waals surface area contributed by atoms with Gasteiger partial charge in [-0.25, -0.2) is 9.18 Å². The zero-order valence-electron chi connectivity index (χ0n) is 18.4. The molecule has 2 aromatic rings. The normalized spacial score (nSPS) is 22.6. The van der Waals surface area contributed by atoms with Gasteiger partial charge in [-0.2, -0.15) is 0 Å². The summed E-state index contributed by atoms with van der Waals surface area (Å²) < 4.78 is 26.3. The Balaban J connectivity index is 2.00. The molecule has 3 atom stereocenters. The fourth-order valence-corrected chi connectivity index (χ4v) is 4.40. The second-order valence-corrected chi connectivity index (χ2v) is 9.33. The van der Waals surface area contributed by atoms with Gasteiger partial charge in [0.15, 0.2) is 6.61 Å². The van der Waals surface area contributed by atoms with Gasteiger partial charge >= 0.3 is 5.97 Å². The second-order valence-electron chi connectivity index (χ2n) is 8.48. The van der Waals surface area contributed by atoms with Crippen LogP contribution in [0.15, 0.2) is 40.9 Å². The van der Waals surface area contributed by atoms with Gasteiger partial charge < -0.3 is 25.0 Å². The molecule has 0 spiro atoms. The smallest absolute Gasteiger partial charge is 0.341 e. The molecule has 0 unspecified atom stereocenters. The van der Waals surface area contributed by atoms with Crippen molar-refractivity contribution in [3.05, 3.63) is 63.4 Å². The molecule has 0 radical (unpaired) electrons. The van der Waals surface area contributed by atoms with Crippen molar-refractivity contribution < 1.29 is 33.7 Å². The molecule has 9 heteroatoms. The molecule has 2 aromatic carbocycles. The van der Waals surface area contributed by atoms with Gasteiger partial charge in [0.25, 0.3) is 0 Å². The molecular weight excluding hydrogens is 497 g/mol. The summed E-state index contributed by atoms with van der Waals surface area (Å²) in [5.41, 5.74) is 1.56. The number of amides is 1. The molecule has 1 aliphatic heterocycles. The van der Waals surface area contributed by atoms with Crippen molar-refractivity contribution in [2.45, 2.75) is 50.9 Å². The lowest BCUT2D eigenvalue weighted by Crippen LogP contribution is -2.51. The Labute approximate surface area is 200 Å². The van der Waals surface area contributed by atoms with Gasteiger partial charge in [-0.1, -0.05) is 28.1 Å². The number of aliphatic carboxylic acids is 1. The number of carbonyl (C=O) groups excluding carboxylic acids is 1. The molecule has 0 aliphatic carbocycles. The standard InChI is InChI=1S/C24H27BrFNO6/c1-14-9-19(32-13-23(30)31)17(10-18(14)25)21-12-24(2,27-22(29)7-8-28)11-20(33-21)15-3-5-16(26)6-4-15/h3-6,9-10,20-21,28H,7-8,11-13H2,1-2H3,(H,27,29)(H,30,31)/t20-,21+,24+/m0/s1. The van der Waals surface area contributed by atoms with E-state index in [0.29, 0.717) is 24.2 Å². The van der Waals surface area contributed by atoms with Crippen molar-refractivity contribution in [2.75, 3.05) is 13.2 Å². The molecule has 178 valence electrons. The third-order valence-electron chi connectivity index (χ3n) is 5.61. The quantitative estimate of drug-likeness (QED) is 0.478. The Hall–Kier alpha value is -2.49. The minimum Gasteiger partial charge on any atom is -0.482 e.